The molecule has 0 N–H and O–H groups in total. The predicted octanol–water partition coefficient (Wildman–Crippen LogP) is 10.1. The van der Waals surface area contributed by atoms with Crippen molar-refractivity contribution in [3.63, 3.8) is 0 Å². The van der Waals surface area contributed by atoms with Gasteiger partial charge in [-0.3, -0.25) is 0 Å². The van der Waals surface area contributed by atoms with Gasteiger partial charge in [0.05, 0.1) is 0 Å². The SMILES string of the molecule is CCC[C@@H]1C[C@@H]2C=CC=C[C@@H]2C1[Si](C)(C)N1c2ccccc2[N-]c2ccccc21.[CH3-].[Cl][Ti][Cl]. The molecule has 0 amide bonds. The number of nitrogens with zero attached hydrogens (tertiary/aromatic N) is 2. The number of rotatable bonds is 4. The van der Waals surface area contributed by atoms with Crippen molar-refractivity contribution in [3.05, 3.63) is 85.6 Å². The minimum atomic E-state index is -1.89. The molecule has 6 heteroatoms. The predicted molar refractivity (Wildman–Crippen MR) is 145 cm³/mol. The third kappa shape index (κ3) is 5.18. The maximum atomic E-state index is 4.99. The molecule has 0 aromatic heterocycles. The van der Waals surface area contributed by atoms with Gasteiger partial charge in [-0.05, 0) is 41.8 Å². The van der Waals surface area contributed by atoms with Gasteiger partial charge in [0.25, 0.3) is 0 Å². The van der Waals surface area contributed by atoms with E-state index in [2.05, 4.69) is 97.4 Å². The zero-order valence-corrected chi connectivity index (χ0v) is 24.1. The van der Waals surface area contributed by atoms with E-state index in [-0.39, 0.29) is 7.43 Å². The molecule has 4 atom stereocenters. The Kier molecular flexibility index (Phi) is 9.40. The van der Waals surface area contributed by atoms with Crippen molar-refractivity contribution in [2.24, 2.45) is 17.8 Å². The third-order valence-electron chi connectivity index (χ3n) is 7.33. The van der Waals surface area contributed by atoms with Crippen LogP contribution >= 0.6 is 18.6 Å². The van der Waals surface area contributed by atoms with E-state index < -0.39 is 25.3 Å². The Morgan fingerprint density at radius 2 is 1.52 bits per heavy atom. The first kappa shape index (κ1) is 26.6. The second-order valence-corrected chi connectivity index (χ2v) is 16.5. The Balaban J connectivity index is 0.000000728. The van der Waals surface area contributed by atoms with Gasteiger partial charge >= 0.3 is 35.6 Å². The summed E-state index contributed by atoms with van der Waals surface area (Å²) >= 11 is -0.556. The van der Waals surface area contributed by atoms with Gasteiger partial charge in [0.15, 0.2) is 8.24 Å². The average molecular weight is 533 g/mol. The standard InChI is InChI=1S/C26H31N2Si.CH3.2ClH.Ti/c1-4-11-20-18-19-12-5-6-13-21(19)26(20)29(2,3)28-24-16-9-7-14-22(24)27-23-15-8-10-17-25(23)28;;;;/h5-10,12-17,19-21,26H,4,11,18H2,1-3H3;1H3;2*1H;/q2*-1;;;+2/p-2/t19-,20+,21-,26?;;;;/m0..../s1. The van der Waals surface area contributed by atoms with E-state index in [1.54, 1.807) is 0 Å². The molecule has 2 aromatic rings. The van der Waals surface area contributed by atoms with Crippen LogP contribution in [-0.4, -0.2) is 8.24 Å². The van der Waals surface area contributed by atoms with Crippen LogP contribution in [-0.2, 0) is 17.0 Å². The molecule has 1 heterocycles. The van der Waals surface area contributed by atoms with Gasteiger partial charge in [0.2, 0.25) is 0 Å². The number of anilines is 2. The summed E-state index contributed by atoms with van der Waals surface area (Å²) in [6, 6.07) is 17.5. The Hall–Kier alpha value is -0.969. The summed E-state index contributed by atoms with van der Waals surface area (Å²) in [5.41, 5.74) is 5.58. The second-order valence-electron chi connectivity index (χ2n) is 9.47. The fourth-order valence-electron chi connectivity index (χ4n) is 6.34. The number of para-hydroxylation sites is 4. The van der Waals surface area contributed by atoms with Crippen LogP contribution < -0.4 is 4.57 Å². The van der Waals surface area contributed by atoms with Crippen molar-refractivity contribution in [3.8, 4) is 0 Å². The van der Waals surface area contributed by atoms with Crippen LogP contribution in [0.25, 0.3) is 5.32 Å². The molecule has 1 fully saturated rings. The molecular weight excluding hydrogens is 499 g/mol. The summed E-state index contributed by atoms with van der Waals surface area (Å²) in [6.45, 7) is 7.56. The van der Waals surface area contributed by atoms with Crippen LogP contribution in [0.5, 0.6) is 0 Å². The zero-order chi connectivity index (χ0) is 22.7. The summed E-state index contributed by atoms with van der Waals surface area (Å²) in [6.07, 6.45) is 13.5. The summed E-state index contributed by atoms with van der Waals surface area (Å²) in [5.74, 6) is 2.20. The summed E-state index contributed by atoms with van der Waals surface area (Å²) in [4.78, 5) is 0. The molecule has 2 nitrogen and oxygen atoms in total. The van der Waals surface area contributed by atoms with Crippen molar-refractivity contribution in [2.45, 2.75) is 44.8 Å². The first-order chi connectivity index (χ1) is 15.5. The first-order valence-electron chi connectivity index (χ1n) is 11.5. The van der Waals surface area contributed by atoms with E-state index in [1.165, 1.54) is 30.6 Å². The van der Waals surface area contributed by atoms with Crippen molar-refractivity contribution >= 4 is 49.6 Å². The number of hydrogen-bond donors (Lipinski definition) is 0. The third-order valence-corrected chi connectivity index (χ3v) is 11.5. The van der Waals surface area contributed by atoms with Gasteiger partial charge in [0.1, 0.15) is 0 Å². The van der Waals surface area contributed by atoms with E-state index in [4.69, 9.17) is 23.9 Å². The minimum absolute atomic E-state index is 0. The molecule has 2 aliphatic carbocycles. The molecule has 1 aliphatic heterocycles. The van der Waals surface area contributed by atoms with Crippen molar-refractivity contribution in [2.75, 3.05) is 4.57 Å². The molecule has 33 heavy (non-hydrogen) atoms. The number of fused-ring (bicyclic) bond motifs is 3. The van der Waals surface area contributed by atoms with E-state index in [9.17, 15) is 0 Å². The first-order valence-corrected chi connectivity index (χ1v) is 18.9. The molecule has 5 rings (SSSR count). The Morgan fingerprint density at radius 1 is 0.970 bits per heavy atom. The van der Waals surface area contributed by atoms with Gasteiger partial charge in [-0.2, -0.15) is 0 Å². The number of allylic oxidation sites excluding steroid dienone is 4. The van der Waals surface area contributed by atoms with Crippen LogP contribution in [0, 0.1) is 25.2 Å². The molecule has 176 valence electrons. The maximum absolute atomic E-state index is 4.99. The number of halogens is 2. The number of benzene rings is 2. The van der Waals surface area contributed by atoms with Gasteiger partial charge in [-0.1, -0.05) is 93.6 Å². The van der Waals surface area contributed by atoms with E-state index >= 15 is 0 Å². The molecule has 2 aromatic carbocycles. The quantitative estimate of drug-likeness (QED) is 0.282. The second kappa shape index (κ2) is 11.6. The Morgan fingerprint density at radius 3 is 2.09 bits per heavy atom. The van der Waals surface area contributed by atoms with Crippen molar-refractivity contribution in [1.82, 2.24) is 0 Å². The fraction of sp³-hybridized carbons (Fsp3) is 0.370. The molecule has 3 aliphatic rings. The van der Waals surface area contributed by atoms with Gasteiger partial charge in [-0.15, -0.1) is 11.4 Å². The van der Waals surface area contributed by atoms with Crippen LogP contribution in [0.15, 0.2) is 72.8 Å². The van der Waals surface area contributed by atoms with Crippen LogP contribution in [0.2, 0.25) is 18.6 Å². The van der Waals surface area contributed by atoms with Crippen molar-refractivity contribution < 1.29 is 17.0 Å². The van der Waals surface area contributed by atoms with Crippen molar-refractivity contribution in [1.29, 1.82) is 0 Å². The van der Waals surface area contributed by atoms with Crippen LogP contribution in [0.4, 0.5) is 22.7 Å². The normalized spacial score (nSPS) is 24.3. The number of hydrogen-bond acceptors (Lipinski definition) is 1. The monoisotopic (exact) mass is 532 g/mol. The summed E-state index contributed by atoms with van der Waals surface area (Å²) in [5, 5.41) is 4.99. The van der Waals surface area contributed by atoms with Crippen LogP contribution in [0.3, 0.4) is 0 Å². The summed E-state index contributed by atoms with van der Waals surface area (Å²) in [7, 11) is 7.89. The molecule has 0 spiro atoms. The fourth-order valence-corrected chi connectivity index (χ4v) is 11.0. The molecule has 0 saturated heterocycles. The van der Waals surface area contributed by atoms with Crippen LogP contribution in [0.1, 0.15) is 26.2 Å². The Bertz CT molecular complexity index is 948. The summed E-state index contributed by atoms with van der Waals surface area (Å²) < 4.78 is 2.74. The van der Waals surface area contributed by atoms with E-state index in [0.29, 0.717) is 11.8 Å². The van der Waals surface area contributed by atoms with Gasteiger partial charge in [-0.25, -0.2) is 0 Å². The zero-order valence-electron chi connectivity index (χ0n) is 20.0. The topological polar surface area (TPSA) is 17.3 Å². The van der Waals surface area contributed by atoms with Gasteiger partial charge < -0.3 is 17.3 Å². The molecule has 0 bridgehead atoms. The van der Waals surface area contributed by atoms with E-state index in [0.717, 1.165) is 22.8 Å². The molecule has 0 radical (unpaired) electrons. The molecular formula is C27H34Cl2N2SiTi-2. The molecule has 1 saturated carbocycles. The van der Waals surface area contributed by atoms with E-state index in [1.807, 2.05) is 0 Å². The Labute approximate surface area is 218 Å². The van der Waals surface area contributed by atoms with Gasteiger partial charge in [0, 0.05) is 11.4 Å². The molecule has 1 unspecified atom stereocenters. The average Bonchev–Trinajstić information content (AvgIpc) is 3.17.